The van der Waals surface area contributed by atoms with Crippen LogP contribution >= 0.6 is 11.6 Å². The first kappa shape index (κ1) is 11.6. The molecular formula is C11H16ClN3O. The van der Waals surface area contributed by atoms with Crippen LogP contribution in [0.5, 0.6) is 0 Å². The highest BCUT2D eigenvalue weighted by atomic mass is 35.5. The van der Waals surface area contributed by atoms with Gasteiger partial charge >= 0.3 is 0 Å². The second kappa shape index (κ2) is 3.87. The summed E-state index contributed by atoms with van der Waals surface area (Å²) in [4.78, 5) is 6.08. The maximum atomic E-state index is 10.6. The van der Waals surface area contributed by atoms with Gasteiger partial charge in [-0.15, -0.1) is 0 Å². The molecule has 88 valence electrons. The number of aliphatic hydroxyl groups is 1. The van der Waals surface area contributed by atoms with Crippen molar-refractivity contribution in [1.29, 1.82) is 0 Å². The lowest BCUT2D eigenvalue weighted by atomic mass is 9.92. The van der Waals surface area contributed by atoms with Crippen molar-refractivity contribution in [2.24, 2.45) is 0 Å². The monoisotopic (exact) mass is 241 g/mol. The zero-order chi connectivity index (χ0) is 11.9. The fourth-order valence-electron chi connectivity index (χ4n) is 2.30. The molecule has 1 aromatic heterocycles. The van der Waals surface area contributed by atoms with E-state index in [4.69, 9.17) is 17.3 Å². The van der Waals surface area contributed by atoms with Crippen LogP contribution in [0.1, 0.15) is 18.9 Å². The third-order valence-corrected chi connectivity index (χ3v) is 3.49. The highest BCUT2D eigenvalue weighted by Crippen LogP contribution is 2.37. The highest BCUT2D eigenvalue weighted by Gasteiger charge is 2.41. The Bertz CT molecular complexity index is 400. The fourth-order valence-corrected chi connectivity index (χ4v) is 2.45. The van der Waals surface area contributed by atoms with E-state index in [0.29, 0.717) is 35.4 Å². The molecule has 0 bridgehead atoms. The van der Waals surface area contributed by atoms with Gasteiger partial charge in [0.1, 0.15) is 11.4 Å². The summed E-state index contributed by atoms with van der Waals surface area (Å²) in [6.07, 6.45) is 2.14. The SMILES string of the molecule is CC1CC(O)(c2cc(Cl)cnc2N)CN1C. The Morgan fingerprint density at radius 2 is 2.38 bits per heavy atom. The van der Waals surface area contributed by atoms with Gasteiger partial charge in [-0.1, -0.05) is 11.6 Å². The maximum absolute atomic E-state index is 10.6. The average molecular weight is 242 g/mol. The molecule has 1 aliphatic rings. The van der Waals surface area contributed by atoms with Gasteiger partial charge in [0.25, 0.3) is 0 Å². The molecule has 3 N–H and O–H groups in total. The van der Waals surface area contributed by atoms with E-state index < -0.39 is 5.60 Å². The number of nitrogen functional groups attached to an aromatic ring is 1. The normalized spacial score (nSPS) is 30.9. The minimum Gasteiger partial charge on any atom is -0.384 e. The van der Waals surface area contributed by atoms with Crippen LogP contribution in [0.15, 0.2) is 12.3 Å². The molecule has 1 saturated heterocycles. The number of β-amino-alcohol motifs (C(OH)–C–C–N with tert-alkyl or cyclic N) is 1. The van der Waals surface area contributed by atoms with E-state index in [-0.39, 0.29) is 0 Å². The van der Waals surface area contributed by atoms with Crippen LogP contribution < -0.4 is 5.73 Å². The summed E-state index contributed by atoms with van der Waals surface area (Å²) in [5, 5.41) is 11.1. The first-order valence-corrected chi connectivity index (χ1v) is 5.64. The zero-order valence-electron chi connectivity index (χ0n) is 9.44. The van der Waals surface area contributed by atoms with Crippen molar-refractivity contribution in [2.45, 2.75) is 25.0 Å². The molecule has 2 heterocycles. The summed E-state index contributed by atoms with van der Waals surface area (Å²) in [7, 11) is 1.98. The van der Waals surface area contributed by atoms with E-state index in [1.54, 1.807) is 6.07 Å². The number of anilines is 1. The maximum Gasteiger partial charge on any atom is 0.129 e. The molecule has 0 spiro atoms. The third kappa shape index (κ3) is 1.88. The molecule has 1 fully saturated rings. The number of rotatable bonds is 1. The molecule has 0 aromatic carbocycles. The molecule has 0 aliphatic carbocycles. The molecule has 1 aromatic rings. The number of nitrogens with two attached hydrogens (primary N) is 1. The van der Waals surface area contributed by atoms with E-state index in [2.05, 4.69) is 16.8 Å². The van der Waals surface area contributed by atoms with Gasteiger partial charge < -0.3 is 15.7 Å². The van der Waals surface area contributed by atoms with E-state index in [9.17, 15) is 5.11 Å². The van der Waals surface area contributed by atoms with Gasteiger partial charge in [-0.3, -0.25) is 0 Å². The minimum absolute atomic E-state index is 0.323. The number of likely N-dealkylation sites (N-methyl/N-ethyl adjacent to an activating group) is 1. The van der Waals surface area contributed by atoms with Crippen molar-refractivity contribution in [1.82, 2.24) is 9.88 Å². The minimum atomic E-state index is -0.934. The Hall–Kier alpha value is -0.840. The molecule has 16 heavy (non-hydrogen) atoms. The standard InChI is InChI=1S/C11H16ClN3O/c1-7-4-11(16,6-15(7)2)9-3-8(12)5-14-10(9)13/h3,5,7,16H,4,6H2,1-2H3,(H2,13,14). The zero-order valence-corrected chi connectivity index (χ0v) is 10.2. The second-order valence-corrected chi connectivity index (χ2v) is 5.02. The fraction of sp³-hybridized carbons (Fsp3) is 0.545. The van der Waals surface area contributed by atoms with Crippen LogP contribution in [0.4, 0.5) is 5.82 Å². The van der Waals surface area contributed by atoms with Crippen molar-refractivity contribution in [3.63, 3.8) is 0 Å². The molecule has 0 radical (unpaired) electrons. The molecule has 4 nitrogen and oxygen atoms in total. The number of aromatic nitrogens is 1. The van der Waals surface area contributed by atoms with Crippen molar-refractivity contribution in [3.8, 4) is 0 Å². The molecule has 0 amide bonds. The van der Waals surface area contributed by atoms with Crippen LogP contribution in [0, 0.1) is 0 Å². The first-order valence-electron chi connectivity index (χ1n) is 5.26. The van der Waals surface area contributed by atoms with Crippen LogP contribution in [0.2, 0.25) is 5.02 Å². The summed E-state index contributed by atoms with van der Waals surface area (Å²) in [6.45, 7) is 2.63. The summed E-state index contributed by atoms with van der Waals surface area (Å²) < 4.78 is 0. The predicted molar refractivity (Wildman–Crippen MR) is 64.3 cm³/mol. The van der Waals surface area contributed by atoms with Gasteiger partial charge in [-0.2, -0.15) is 0 Å². The number of hydrogen-bond donors (Lipinski definition) is 2. The smallest absolute Gasteiger partial charge is 0.129 e. The number of hydrogen-bond acceptors (Lipinski definition) is 4. The van der Waals surface area contributed by atoms with Gasteiger partial charge in [0, 0.05) is 24.3 Å². The lowest BCUT2D eigenvalue weighted by molar-refractivity contribution is 0.0491. The molecule has 2 rings (SSSR count). The van der Waals surface area contributed by atoms with Crippen LogP contribution in [-0.2, 0) is 5.60 Å². The average Bonchev–Trinajstić information content (AvgIpc) is 2.46. The predicted octanol–water partition coefficient (Wildman–Crippen LogP) is 1.23. The Morgan fingerprint density at radius 3 is 2.94 bits per heavy atom. The number of halogens is 1. The van der Waals surface area contributed by atoms with Gasteiger partial charge in [0.15, 0.2) is 0 Å². The number of nitrogens with zero attached hydrogens (tertiary/aromatic N) is 2. The molecule has 0 saturated carbocycles. The second-order valence-electron chi connectivity index (χ2n) is 4.59. The Morgan fingerprint density at radius 1 is 1.69 bits per heavy atom. The first-order chi connectivity index (χ1) is 7.42. The van der Waals surface area contributed by atoms with Crippen molar-refractivity contribution in [3.05, 3.63) is 22.8 Å². The van der Waals surface area contributed by atoms with Gasteiger partial charge in [-0.25, -0.2) is 4.98 Å². The number of pyridine rings is 1. The summed E-state index contributed by atoms with van der Waals surface area (Å²) in [6, 6.07) is 2.03. The Balaban J connectivity index is 2.40. The topological polar surface area (TPSA) is 62.4 Å². The van der Waals surface area contributed by atoms with E-state index in [1.165, 1.54) is 6.20 Å². The lowest BCUT2D eigenvalue weighted by Crippen LogP contribution is -2.30. The van der Waals surface area contributed by atoms with E-state index in [1.807, 2.05) is 7.05 Å². The third-order valence-electron chi connectivity index (χ3n) is 3.28. The molecular weight excluding hydrogens is 226 g/mol. The quantitative estimate of drug-likeness (QED) is 0.776. The van der Waals surface area contributed by atoms with E-state index in [0.717, 1.165) is 0 Å². The Labute approximate surface area is 100 Å². The van der Waals surface area contributed by atoms with Crippen molar-refractivity contribution in [2.75, 3.05) is 19.3 Å². The van der Waals surface area contributed by atoms with Crippen LogP contribution in [0.25, 0.3) is 0 Å². The molecule has 2 atom stereocenters. The molecule has 1 aliphatic heterocycles. The molecule has 2 unspecified atom stereocenters. The Kier molecular flexibility index (Phi) is 2.82. The summed E-state index contributed by atoms with van der Waals surface area (Å²) in [5.74, 6) is 0.356. The van der Waals surface area contributed by atoms with Crippen molar-refractivity contribution < 1.29 is 5.11 Å². The van der Waals surface area contributed by atoms with Gasteiger partial charge in [0.05, 0.1) is 5.02 Å². The summed E-state index contributed by atoms with van der Waals surface area (Å²) >= 11 is 5.89. The lowest BCUT2D eigenvalue weighted by Gasteiger charge is -2.24. The van der Waals surface area contributed by atoms with Gasteiger partial charge in [0.2, 0.25) is 0 Å². The van der Waals surface area contributed by atoms with Crippen LogP contribution in [-0.4, -0.2) is 34.6 Å². The van der Waals surface area contributed by atoms with Gasteiger partial charge in [-0.05, 0) is 26.5 Å². The number of likely N-dealkylation sites (tertiary alicyclic amines) is 1. The largest absolute Gasteiger partial charge is 0.384 e. The molecule has 5 heteroatoms. The highest BCUT2D eigenvalue weighted by molar-refractivity contribution is 6.30. The summed E-state index contributed by atoms with van der Waals surface area (Å²) in [5.41, 5.74) is 5.50. The van der Waals surface area contributed by atoms with Crippen LogP contribution in [0.3, 0.4) is 0 Å². The van der Waals surface area contributed by atoms with E-state index >= 15 is 0 Å². The van der Waals surface area contributed by atoms with Crippen molar-refractivity contribution >= 4 is 17.4 Å².